The summed E-state index contributed by atoms with van der Waals surface area (Å²) >= 11 is 0. The van der Waals surface area contributed by atoms with E-state index in [0.717, 1.165) is 30.9 Å². The first-order chi connectivity index (χ1) is 8.97. The minimum Gasteiger partial charge on any atom is -0.392 e. The molecule has 1 aliphatic rings. The molecule has 1 heterocycles. The molecule has 4 nitrogen and oxygen atoms in total. The fraction of sp³-hybridized carbons (Fsp3) is 0.533. The standard InChI is InChI=1S/C15H21N3O/c1-15(2)11-18(7-6-17(15)3)14-5-4-12(10-19)8-13(14)9-16/h4-5,8,19H,6-7,10-11H2,1-3H3. The van der Waals surface area contributed by atoms with Crippen LogP contribution in [0.2, 0.25) is 0 Å². The van der Waals surface area contributed by atoms with Gasteiger partial charge in [0, 0.05) is 25.2 Å². The molecule has 1 aromatic rings. The van der Waals surface area contributed by atoms with Crippen LogP contribution in [0.15, 0.2) is 18.2 Å². The summed E-state index contributed by atoms with van der Waals surface area (Å²) in [4.78, 5) is 4.61. The normalized spacial score (nSPS) is 19.2. The molecular weight excluding hydrogens is 238 g/mol. The van der Waals surface area contributed by atoms with E-state index in [4.69, 9.17) is 5.11 Å². The molecule has 4 heteroatoms. The number of nitrogens with zero attached hydrogens (tertiary/aromatic N) is 3. The molecule has 1 saturated heterocycles. The van der Waals surface area contributed by atoms with Gasteiger partial charge in [0.15, 0.2) is 0 Å². The van der Waals surface area contributed by atoms with Crippen molar-refractivity contribution in [3.63, 3.8) is 0 Å². The third kappa shape index (κ3) is 2.73. The van der Waals surface area contributed by atoms with Crippen LogP contribution in [-0.4, -0.2) is 42.2 Å². The van der Waals surface area contributed by atoms with Gasteiger partial charge in [0.1, 0.15) is 6.07 Å². The van der Waals surface area contributed by atoms with Crippen molar-refractivity contribution in [3.8, 4) is 6.07 Å². The molecule has 0 unspecified atom stereocenters. The van der Waals surface area contributed by atoms with E-state index < -0.39 is 0 Å². The third-order valence-electron chi connectivity index (χ3n) is 4.02. The molecule has 1 aliphatic heterocycles. The van der Waals surface area contributed by atoms with Gasteiger partial charge in [-0.3, -0.25) is 4.90 Å². The Balaban J connectivity index is 2.30. The lowest BCUT2D eigenvalue weighted by Crippen LogP contribution is -2.57. The van der Waals surface area contributed by atoms with Crippen molar-refractivity contribution in [2.45, 2.75) is 26.0 Å². The summed E-state index contributed by atoms with van der Waals surface area (Å²) in [6, 6.07) is 7.86. The van der Waals surface area contributed by atoms with E-state index >= 15 is 0 Å². The van der Waals surface area contributed by atoms with Crippen LogP contribution in [0.4, 0.5) is 5.69 Å². The quantitative estimate of drug-likeness (QED) is 0.876. The van der Waals surface area contributed by atoms with Crippen molar-refractivity contribution in [1.29, 1.82) is 5.26 Å². The topological polar surface area (TPSA) is 50.5 Å². The Morgan fingerprint density at radius 3 is 2.68 bits per heavy atom. The van der Waals surface area contributed by atoms with Crippen LogP contribution in [-0.2, 0) is 6.61 Å². The molecule has 0 radical (unpaired) electrons. The monoisotopic (exact) mass is 259 g/mol. The number of nitriles is 1. The van der Waals surface area contributed by atoms with E-state index in [0.29, 0.717) is 5.56 Å². The highest BCUT2D eigenvalue weighted by Crippen LogP contribution is 2.27. The molecule has 1 fully saturated rings. The molecule has 0 atom stereocenters. The van der Waals surface area contributed by atoms with E-state index in [1.54, 1.807) is 6.07 Å². The maximum atomic E-state index is 9.28. The summed E-state index contributed by atoms with van der Waals surface area (Å²) in [7, 11) is 2.14. The van der Waals surface area contributed by atoms with Crippen molar-refractivity contribution >= 4 is 5.69 Å². The molecule has 0 aromatic heterocycles. The molecule has 1 N–H and O–H groups in total. The zero-order valence-electron chi connectivity index (χ0n) is 11.8. The number of rotatable bonds is 2. The Kier molecular flexibility index (Phi) is 3.79. The summed E-state index contributed by atoms with van der Waals surface area (Å²) in [5.41, 5.74) is 2.50. The molecule has 19 heavy (non-hydrogen) atoms. The van der Waals surface area contributed by atoms with Crippen LogP contribution in [0.3, 0.4) is 0 Å². The van der Waals surface area contributed by atoms with Gasteiger partial charge in [-0.2, -0.15) is 5.26 Å². The maximum Gasteiger partial charge on any atom is 0.101 e. The largest absolute Gasteiger partial charge is 0.392 e. The highest BCUT2D eigenvalue weighted by Gasteiger charge is 2.31. The molecule has 0 amide bonds. The molecule has 102 valence electrons. The first-order valence-electron chi connectivity index (χ1n) is 6.58. The number of piperazine rings is 1. The predicted octanol–water partition coefficient (Wildman–Crippen LogP) is 1.58. The average Bonchev–Trinajstić information content (AvgIpc) is 2.41. The third-order valence-corrected chi connectivity index (χ3v) is 4.02. The summed E-state index contributed by atoms with van der Waals surface area (Å²) in [5, 5.41) is 18.4. The smallest absolute Gasteiger partial charge is 0.101 e. The van der Waals surface area contributed by atoms with Crippen LogP contribution in [0.1, 0.15) is 25.0 Å². The second-order valence-corrected chi connectivity index (χ2v) is 5.78. The van der Waals surface area contributed by atoms with E-state index in [1.807, 2.05) is 12.1 Å². The Labute approximate surface area is 114 Å². The van der Waals surface area contributed by atoms with Gasteiger partial charge in [-0.1, -0.05) is 6.07 Å². The van der Waals surface area contributed by atoms with Gasteiger partial charge in [-0.05, 0) is 38.6 Å². The first kappa shape index (κ1) is 13.9. The zero-order chi connectivity index (χ0) is 14.0. The van der Waals surface area contributed by atoms with Crippen molar-refractivity contribution in [2.24, 2.45) is 0 Å². The van der Waals surface area contributed by atoms with Crippen LogP contribution in [0.5, 0.6) is 0 Å². The summed E-state index contributed by atoms with van der Waals surface area (Å²) < 4.78 is 0. The number of likely N-dealkylation sites (N-methyl/N-ethyl adjacent to an activating group) is 1. The first-order valence-corrected chi connectivity index (χ1v) is 6.58. The lowest BCUT2D eigenvalue weighted by molar-refractivity contribution is 0.139. The molecule has 0 bridgehead atoms. The van der Waals surface area contributed by atoms with Crippen LogP contribution >= 0.6 is 0 Å². The molecule has 1 aromatic carbocycles. The van der Waals surface area contributed by atoms with Crippen molar-refractivity contribution in [2.75, 3.05) is 31.6 Å². The number of aliphatic hydroxyl groups is 1. The van der Waals surface area contributed by atoms with Crippen LogP contribution in [0, 0.1) is 11.3 Å². The second kappa shape index (κ2) is 5.20. The fourth-order valence-electron chi connectivity index (χ4n) is 2.49. The van der Waals surface area contributed by atoms with Crippen LogP contribution < -0.4 is 4.90 Å². The highest BCUT2D eigenvalue weighted by atomic mass is 16.3. The number of anilines is 1. The Morgan fingerprint density at radius 2 is 2.11 bits per heavy atom. The zero-order valence-corrected chi connectivity index (χ0v) is 11.8. The summed E-state index contributed by atoms with van der Waals surface area (Å²) in [6.07, 6.45) is 0. The maximum absolute atomic E-state index is 9.28. The second-order valence-electron chi connectivity index (χ2n) is 5.78. The SMILES string of the molecule is CN1CCN(c2ccc(CO)cc2C#N)CC1(C)C. The van der Waals surface area contributed by atoms with Crippen molar-refractivity contribution in [1.82, 2.24) is 4.90 Å². The van der Waals surface area contributed by atoms with Crippen molar-refractivity contribution in [3.05, 3.63) is 29.3 Å². The van der Waals surface area contributed by atoms with Crippen LogP contribution in [0.25, 0.3) is 0 Å². The number of hydrogen-bond donors (Lipinski definition) is 1. The Morgan fingerprint density at radius 1 is 1.37 bits per heavy atom. The van der Waals surface area contributed by atoms with E-state index in [9.17, 15) is 5.26 Å². The van der Waals surface area contributed by atoms with Gasteiger partial charge >= 0.3 is 0 Å². The van der Waals surface area contributed by atoms with Gasteiger partial charge < -0.3 is 10.0 Å². The lowest BCUT2D eigenvalue weighted by Gasteiger charge is -2.46. The number of aliphatic hydroxyl groups excluding tert-OH is 1. The van der Waals surface area contributed by atoms with Gasteiger partial charge in [0.05, 0.1) is 17.9 Å². The van der Waals surface area contributed by atoms with Crippen molar-refractivity contribution < 1.29 is 5.11 Å². The molecule has 0 aliphatic carbocycles. The highest BCUT2D eigenvalue weighted by molar-refractivity contribution is 5.61. The van der Waals surface area contributed by atoms with E-state index in [2.05, 4.69) is 36.8 Å². The van der Waals surface area contributed by atoms with Gasteiger partial charge in [0.25, 0.3) is 0 Å². The fourth-order valence-corrected chi connectivity index (χ4v) is 2.49. The van der Waals surface area contributed by atoms with Gasteiger partial charge in [-0.25, -0.2) is 0 Å². The lowest BCUT2D eigenvalue weighted by atomic mass is 9.98. The minimum atomic E-state index is -0.0246. The molecular formula is C15H21N3O. The summed E-state index contributed by atoms with van der Waals surface area (Å²) in [6.45, 7) is 7.22. The Hall–Kier alpha value is -1.57. The Bertz CT molecular complexity index is 505. The average molecular weight is 259 g/mol. The molecule has 0 saturated carbocycles. The molecule has 0 spiro atoms. The van der Waals surface area contributed by atoms with E-state index in [-0.39, 0.29) is 12.1 Å². The van der Waals surface area contributed by atoms with Gasteiger partial charge in [-0.15, -0.1) is 0 Å². The predicted molar refractivity (Wildman–Crippen MR) is 76.0 cm³/mol. The molecule has 2 rings (SSSR count). The summed E-state index contributed by atoms with van der Waals surface area (Å²) in [5.74, 6) is 0. The van der Waals surface area contributed by atoms with E-state index in [1.165, 1.54) is 0 Å². The number of hydrogen-bond acceptors (Lipinski definition) is 4. The van der Waals surface area contributed by atoms with Gasteiger partial charge in [0.2, 0.25) is 0 Å². The number of benzene rings is 1. The minimum absolute atomic E-state index is 0.0246.